The fraction of sp³-hybridized carbons (Fsp3) is 1.00. The molecule has 7 N–H and O–H groups in total. The van der Waals surface area contributed by atoms with E-state index >= 15 is 0 Å². The van der Waals surface area contributed by atoms with Crippen LogP contribution in [0.1, 0.15) is 63.2 Å². The summed E-state index contributed by atoms with van der Waals surface area (Å²) >= 11 is -7.58. The van der Waals surface area contributed by atoms with Crippen molar-refractivity contribution in [3.63, 3.8) is 0 Å². The van der Waals surface area contributed by atoms with Gasteiger partial charge < -0.3 is 26.3 Å². The van der Waals surface area contributed by atoms with Crippen LogP contribution < -0.4 is 0 Å². The summed E-state index contributed by atoms with van der Waals surface area (Å²) in [6.45, 7) is 22.0. The van der Waals surface area contributed by atoms with E-state index in [9.17, 15) is 0 Å². The molecule has 4 aliphatic heterocycles. The minimum atomic E-state index is -3.79. The van der Waals surface area contributed by atoms with Gasteiger partial charge in [0.05, 0.1) is 0 Å². The van der Waals surface area contributed by atoms with Gasteiger partial charge >= 0.3 is 50.7 Å². The number of likely N-dealkylation sites (tertiary alicyclic amines) is 4. The first-order valence-electron chi connectivity index (χ1n) is 18.1. The molecule has 4 rings (SSSR count). The van der Waals surface area contributed by atoms with E-state index in [1.165, 1.54) is 19.5 Å². The first-order chi connectivity index (χ1) is 24.0. The zero-order valence-corrected chi connectivity index (χ0v) is 45.8. The van der Waals surface area contributed by atoms with Crippen LogP contribution in [0.5, 0.6) is 0 Å². The summed E-state index contributed by atoms with van der Waals surface area (Å²) in [6, 6.07) is 0. The van der Waals surface area contributed by atoms with Gasteiger partial charge in [0.2, 0.25) is 0 Å². The molecule has 0 aliphatic carbocycles. The Morgan fingerprint density at radius 3 is 0.807 bits per heavy atom. The summed E-state index contributed by atoms with van der Waals surface area (Å²) in [5.41, 5.74) is 0. The van der Waals surface area contributed by atoms with E-state index < -0.39 is 27.9 Å². The summed E-state index contributed by atoms with van der Waals surface area (Å²) in [7, 11) is 11.1. The van der Waals surface area contributed by atoms with Crippen LogP contribution in [0.3, 0.4) is 0 Å². The van der Waals surface area contributed by atoms with Gasteiger partial charge in [-0.05, 0) is 99.2 Å². The molecule has 0 aromatic rings. The Balaban J connectivity index is -0.0000000613. The van der Waals surface area contributed by atoms with Gasteiger partial charge in [0, 0.05) is 143 Å². The van der Waals surface area contributed by atoms with E-state index in [0.717, 1.165) is 95.5 Å². The average Bonchev–Trinajstić information content (AvgIpc) is 3.09. The maximum absolute atomic E-state index is 9.00. The third-order valence-corrected chi connectivity index (χ3v) is 12.7. The zero-order chi connectivity index (χ0) is 39.5. The molecule has 360 valence electrons. The molecule has 0 amide bonds. The zero-order valence-electron chi connectivity index (χ0n) is 34.2. The van der Waals surface area contributed by atoms with Crippen molar-refractivity contribution in [1.29, 1.82) is 0 Å². The molecule has 15 nitrogen and oxygen atoms in total. The molecule has 12 atom stereocenters. The molecule has 2 radical (unpaired) electrons. The Morgan fingerprint density at radius 1 is 0.456 bits per heavy atom. The standard InChI is InChI=1S/3C8H18NOP.C8H18NP.4Cr.2Cu.2H2O.6O.2H2/c3*1-7-4-9(6-11)3-2-8(7)5-10;1-7-3-4-9(6-10)5-8(7)2;;;;;;;;;;;;;;;;/h3*7-8,10H,2-6,11H2,1H3;7-8H,3-6,10H2,1-2H3;;;;;;;2*1H2;;;;;;;2*1H. The van der Waals surface area contributed by atoms with Crippen LogP contribution in [0.2, 0.25) is 0 Å². The Morgan fingerprint density at radius 2 is 0.649 bits per heavy atom. The number of nitrogens with zero attached hydrogens (tertiary/aromatic N) is 4. The molecule has 12 unspecified atom stereocenters. The third-order valence-electron chi connectivity index (χ3n) is 10.7. The van der Waals surface area contributed by atoms with Crippen molar-refractivity contribution in [3.8, 4) is 0 Å². The van der Waals surface area contributed by atoms with E-state index in [-0.39, 0.29) is 82.7 Å². The molecule has 0 aromatic carbocycles. The molecular weight excluding hydrogens is 1080 g/mol. The Labute approximate surface area is 406 Å². The molecule has 4 heterocycles. The summed E-state index contributed by atoms with van der Waals surface area (Å²) < 4.78 is 51.2. The minimum absolute atomic E-state index is 0. The average molecular weight is 1160 g/mol. The number of piperidine rings is 4. The van der Waals surface area contributed by atoms with Gasteiger partial charge in [0.1, 0.15) is 0 Å². The van der Waals surface area contributed by atoms with Gasteiger partial charge in [-0.15, -0.1) is 37.0 Å². The Kier molecular flexibility index (Phi) is 66.4. The second-order valence-corrected chi connectivity index (χ2v) is 17.1. The third kappa shape index (κ3) is 40.6. The van der Waals surface area contributed by atoms with Crippen LogP contribution in [0.4, 0.5) is 0 Å². The monoisotopic (exact) mass is 1150 g/mol. The van der Waals surface area contributed by atoms with Crippen LogP contribution in [0, 0.1) is 47.3 Å². The van der Waals surface area contributed by atoms with Crippen LogP contribution in [0.25, 0.3) is 0 Å². The van der Waals surface area contributed by atoms with Crippen LogP contribution >= 0.6 is 37.0 Å². The van der Waals surface area contributed by atoms with Crippen molar-refractivity contribution in [2.45, 2.75) is 60.3 Å². The first kappa shape index (κ1) is 77.5. The summed E-state index contributed by atoms with van der Waals surface area (Å²) in [5.74, 6) is 5.45. The van der Waals surface area contributed by atoms with E-state index in [1.807, 2.05) is 0 Å². The van der Waals surface area contributed by atoms with Gasteiger partial charge in [-0.2, -0.15) is 0 Å². The van der Waals surface area contributed by atoms with Gasteiger partial charge in [0.15, 0.2) is 0 Å². The van der Waals surface area contributed by atoms with Gasteiger partial charge in [-0.3, -0.25) is 19.6 Å². The number of hydrogen-bond donors (Lipinski definition) is 3. The molecule has 25 heteroatoms. The summed E-state index contributed by atoms with van der Waals surface area (Å²) in [6.07, 6.45) is 9.23. The summed E-state index contributed by atoms with van der Waals surface area (Å²) in [4.78, 5) is 9.76. The Bertz CT molecular complexity index is 1020. The van der Waals surface area contributed by atoms with E-state index in [1.54, 1.807) is 0 Å². The fourth-order valence-corrected chi connectivity index (χ4v) is 7.99. The van der Waals surface area contributed by atoms with Gasteiger partial charge in [-0.1, -0.05) is 34.6 Å². The van der Waals surface area contributed by atoms with Crippen molar-refractivity contribution in [3.05, 3.63) is 0 Å². The van der Waals surface area contributed by atoms with Crippen LogP contribution in [-0.4, -0.2) is 143 Å². The van der Waals surface area contributed by atoms with E-state index in [2.05, 4.69) is 91.2 Å². The molecule has 0 aromatic heterocycles. The van der Waals surface area contributed by atoms with Gasteiger partial charge in [-0.25, -0.2) is 0 Å². The normalized spacial score (nSPS) is 26.9. The predicted molar refractivity (Wildman–Crippen MR) is 216 cm³/mol. The maximum atomic E-state index is 9.00. The van der Waals surface area contributed by atoms with Crippen LogP contribution in [0.15, 0.2) is 0 Å². The molecule has 0 bridgehead atoms. The van der Waals surface area contributed by atoms with Crippen molar-refractivity contribution in [2.75, 3.05) is 97.3 Å². The molecule has 0 saturated carbocycles. The second-order valence-electron chi connectivity index (χ2n) is 14.3. The van der Waals surface area contributed by atoms with E-state index in [4.69, 9.17) is 38.1 Å². The molecular formula is C32H80Cr4Cu2N4O11P4. The topological polar surface area (TPSA) is 239 Å². The quantitative estimate of drug-likeness (QED) is 0.245. The predicted octanol–water partition coefficient (Wildman–Crippen LogP) is 2.22. The molecule has 4 fully saturated rings. The van der Waals surface area contributed by atoms with E-state index in [0.29, 0.717) is 55.3 Å². The molecule has 57 heavy (non-hydrogen) atoms. The van der Waals surface area contributed by atoms with Crippen molar-refractivity contribution in [1.82, 2.24) is 19.6 Å². The summed E-state index contributed by atoms with van der Waals surface area (Å²) in [5, 5.41) is 27.0. The second kappa shape index (κ2) is 48.8. The molecule has 4 aliphatic rings. The van der Waals surface area contributed by atoms with Crippen LogP contribution in [-0.2, 0) is 120 Å². The Hall–Kier alpha value is 3.33. The number of aliphatic hydroxyl groups is 3. The van der Waals surface area contributed by atoms with Crippen molar-refractivity contribution >= 4 is 37.0 Å². The SMILES string of the molecule is CC1CCN(CP)CC1C.CC1CN(CP)CCC1CO.CC1CN(CP)CCC1CO.CC1CN(CP)CCC1CO.O.O.[Cr].[Cr].[Cu].[Cu].[HH].[HH].[O]=[Cr](=[O])=[O].[O]=[Cr](=[O])=[O]. The number of aliphatic hydroxyl groups excluding tert-OH is 3. The van der Waals surface area contributed by atoms with Crippen molar-refractivity contribution < 1.29 is 149 Å². The first-order valence-corrected chi connectivity index (χ1v) is 24.5. The molecule has 4 saturated heterocycles. The number of hydrogen-bond acceptors (Lipinski definition) is 13. The number of rotatable bonds is 7. The molecule has 0 spiro atoms. The van der Waals surface area contributed by atoms with Crippen molar-refractivity contribution in [2.24, 2.45) is 47.3 Å². The fourth-order valence-electron chi connectivity index (χ4n) is 6.67. The van der Waals surface area contributed by atoms with Gasteiger partial charge in [0.25, 0.3) is 0 Å².